The maximum atomic E-state index is 12.7. The summed E-state index contributed by atoms with van der Waals surface area (Å²) in [4.78, 5) is 15.2. The summed E-state index contributed by atoms with van der Waals surface area (Å²) < 4.78 is 0. The van der Waals surface area contributed by atoms with Crippen LogP contribution in [0, 0.1) is 5.92 Å². The molecule has 2 heteroatoms. The van der Waals surface area contributed by atoms with Gasteiger partial charge in [-0.05, 0) is 68.4 Å². The average Bonchev–Trinajstić information content (AvgIpc) is 3.26. The van der Waals surface area contributed by atoms with Crippen LogP contribution in [0.1, 0.15) is 68.8 Å². The van der Waals surface area contributed by atoms with E-state index >= 15 is 0 Å². The molecular formula is C20H27NO. The lowest BCUT2D eigenvalue weighted by Crippen LogP contribution is -2.19. The highest BCUT2D eigenvalue weighted by molar-refractivity contribution is 6.02. The van der Waals surface area contributed by atoms with Gasteiger partial charge in [-0.15, -0.1) is 0 Å². The monoisotopic (exact) mass is 297 g/mol. The number of hydrogen-bond donors (Lipinski definition) is 0. The van der Waals surface area contributed by atoms with E-state index in [0.717, 1.165) is 25.1 Å². The predicted octanol–water partition coefficient (Wildman–Crippen LogP) is 5.08. The summed E-state index contributed by atoms with van der Waals surface area (Å²) in [6, 6.07) is 6.49. The maximum Gasteiger partial charge on any atom is 0.166 e. The Bertz CT molecular complexity index is 602. The van der Waals surface area contributed by atoms with Gasteiger partial charge in [-0.3, -0.25) is 4.79 Å². The fraction of sp³-hybridized carbons (Fsp3) is 0.550. The molecule has 1 heterocycles. The molecule has 1 aliphatic heterocycles. The van der Waals surface area contributed by atoms with Crippen molar-refractivity contribution in [2.24, 2.45) is 5.92 Å². The van der Waals surface area contributed by atoms with E-state index in [4.69, 9.17) is 0 Å². The number of benzene rings is 1. The normalized spacial score (nSPS) is 18.5. The zero-order valence-electron chi connectivity index (χ0n) is 14.1. The van der Waals surface area contributed by atoms with Crippen LogP contribution in [0.4, 0.5) is 5.69 Å². The van der Waals surface area contributed by atoms with E-state index in [-0.39, 0.29) is 5.92 Å². The van der Waals surface area contributed by atoms with Crippen molar-refractivity contribution in [1.82, 2.24) is 0 Å². The molecule has 0 N–H and O–H groups in total. The fourth-order valence-electron chi connectivity index (χ4n) is 3.31. The molecule has 0 aromatic heterocycles. The molecule has 3 rings (SSSR count). The number of allylic oxidation sites excluding steroid dienone is 2. The number of anilines is 1. The summed E-state index contributed by atoms with van der Waals surface area (Å²) >= 11 is 0. The molecule has 1 unspecified atom stereocenters. The van der Waals surface area contributed by atoms with Gasteiger partial charge in [0.05, 0.1) is 0 Å². The summed E-state index contributed by atoms with van der Waals surface area (Å²) in [5.74, 6) is 0.402. The Labute approximate surface area is 134 Å². The fourth-order valence-corrected chi connectivity index (χ4v) is 3.31. The standard InChI is InChI=1S/C20H27NO/c1-4-14(2)20(22)18-10-9-17(21-11-5-6-12-21)13-19(18)15(3)16-7-8-16/h9-10,13-14H,4-8,11-12H2,1-3H3. The van der Waals surface area contributed by atoms with Crippen molar-refractivity contribution in [2.75, 3.05) is 18.0 Å². The first-order chi connectivity index (χ1) is 10.6. The van der Waals surface area contributed by atoms with Crippen LogP contribution in [0.2, 0.25) is 0 Å². The predicted molar refractivity (Wildman–Crippen MR) is 93.5 cm³/mol. The van der Waals surface area contributed by atoms with E-state index in [9.17, 15) is 4.79 Å². The number of hydrogen-bond acceptors (Lipinski definition) is 2. The molecule has 1 aromatic carbocycles. The van der Waals surface area contributed by atoms with Gasteiger partial charge in [0.25, 0.3) is 0 Å². The summed E-state index contributed by atoms with van der Waals surface area (Å²) in [6.45, 7) is 8.62. The average molecular weight is 297 g/mol. The minimum absolute atomic E-state index is 0.105. The molecule has 0 radical (unpaired) electrons. The lowest BCUT2D eigenvalue weighted by atomic mass is 9.90. The largest absolute Gasteiger partial charge is 0.372 e. The highest BCUT2D eigenvalue weighted by atomic mass is 16.1. The lowest BCUT2D eigenvalue weighted by Gasteiger charge is -2.21. The SMILES string of the molecule is CCC(C)C(=O)c1ccc(N2CCCC2)cc1C(C)=C1CC1. The Balaban J connectivity index is 2.01. The van der Waals surface area contributed by atoms with Crippen molar-refractivity contribution in [1.29, 1.82) is 0 Å². The van der Waals surface area contributed by atoms with Crippen LogP contribution in [0.15, 0.2) is 23.8 Å². The topological polar surface area (TPSA) is 20.3 Å². The minimum Gasteiger partial charge on any atom is -0.372 e. The van der Waals surface area contributed by atoms with Crippen molar-refractivity contribution >= 4 is 17.0 Å². The summed E-state index contributed by atoms with van der Waals surface area (Å²) in [5, 5.41) is 0. The van der Waals surface area contributed by atoms with Gasteiger partial charge in [0.15, 0.2) is 5.78 Å². The molecule has 1 saturated heterocycles. The Kier molecular flexibility index (Phi) is 4.37. The zero-order chi connectivity index (χ0) is 15.7. The van der Waals surface area contributed by atoms with Crippen LogP contribution in [0.25, 0.3) is 5.57 Å². The Morgan fingerprint density at radius 2 is 1.86 bits per heavy atom. The van der Waals surface area contributed by atoms with Gasteiger partial charge in [0.2, 0.25) is 0 Å². The van der Waals surface area contributed by atoms with Gasteiger partial charge >= 0.3 is 0 Å². The first kappa shape index (κ1) is 15.3. The van der Waals surface area contributed by atoms with Crippen molar-refractivity contribution in [3.63, 3.8) is 0 Å². The van der Waals surface area contributed by atoms with Gasteiger partial charge < -0.3 is 4.90 Å². The van der Waals surface area contributed by atoms with Gasteiger partial charge in [-0.1, -0.05) is 19.4 Å². The second-order valence-corrected chi connectivity index (χ2v) is 6.83. The molecule has 22 heavy (non-hydrogen) atoms. The number of carbonyl (C=O) groups is 1. The third kappa shape index (κ3) is 2.97. The molecule has 0 bridgehead atoms. The highest BCUT2D eigenvalue weighted by Gasteiger charge is 2.23. The number of ketones is 1. The molecule has 1 atom stereocenters. The van der Waals surface area contributed by atoms with E-state index in [1.165, 1.54) is 48.1 Å². The molecule has 2 fully saturated rings. The summed E-state index contributed by atoms with van der Waals surface area (Å²) in [6.07, 6.45) is 5.88. The zero-order valence-corrected chi connectivity index (χ0v) is 14.1. The van der Waals surface area contributed by atoms with Crippen LogP contribution in [-0.4, -0.2) is 18.9 Å². The molecule has 1 aromatic rings. The molecule has 0 spiro atoms. The third-order valence-corrected chi connectivity index (χ3v) is 5.23. The van der Waals surface area contributed by atoms with Crippen LogP contribution in [-0.2, 0) is 0 Å². The Hall–Kier alpha value is -1.57. The second-order valence-electron chi connectivity index (χ2n) is 6.83. The van der Waals surface area contributed by atoms with Crippen molar-refractivity contribution in [2.45, 2.75) is 52.9 Å². The van der Waals surface area contributed by atoms with Crippen LogP contribution in [0.5, 0.6) is 0 Å². The Morgan fingerprint density at radius 1 is 1.18 bits per heavy atom. The van der Waals surface area contributed by atoms with Gasteiger partial charge in [-0.2, -0.15) is 0 Å². The number of Topliss-reactive ketones (excluding diaryl/α,β-unsaturated/α-hetero) is 1. The van der Waals surface area contributed by atoms with Gasteiger partial charge in [0, 0.05) is 30.3 Å². The number of rotatable bonds is 5. The first-order valence-corrected chi connectivity index (χ1v) is 8.74. The van der Waals surface area contributed by atoms with Crippen LogP contribution >= 0.6 is 0 Å². The maximum absolute atomic E-state index is 12.7. The van der Waals surface area contributed by atoms with Crippen LogP contribution in [0.3, 0.4) is 0 Å². The third-order valence-electron chi connectivity index (χ3n) is 5.23. The van der Waals surface area contributed by atoms with Gasteiger partial charge in [0.1, 0.15) is 0 Å². The molecular weight excluding hydrogens is 270 g/mol. The van der Waals surface area contributed by atoms with Crippen molar-refractivity contribution < 1.29 is 4.79 Å². The molecule has 118 valence electrons. The number of carbonyl (C=O) groups excluding carboxylic acids is 1. The summed E-state index contributed by atoms with van der Waals surface area (Å²) in [7, 11) is 0. The minimum atomic E-state index is 0.105. The number of nitrogens with zero attached hydrogens (tertiary/aromatic N) is 1. The molecule has 0 amide bonds. The van der Waals surface area contributed by atoms with E-state index in [1.54, 1.807) is 0 Å². The quantitative estimate of drug-likeness (QED) is 0.706. The van der Waals surface area contributed by atoms with E-state index in [1.807, 2.05) is 6.92 Å². The first-order valence-electron chi connectivity index (χ1n) is 8.74. The molecule has 2 aliphatic rings. The molecule has 1 aliphatic carbocycles. The van der Waals surface area contributed by atoms with E-state index in [0.29, 0.717) is 5.78 Å². The summed E-state index contributed by atoms with van der Waals surface area (Å²) in [5.41, 5.74) is 6.26. The smallest absolute Gasteiger partial charge is 0.166 e. The lowest BCUT2D eigenvalue weighted by molar-refractivity contribution is 0.0927. The van der Waals surface area contributed by atoms with Crippen molar-refractivity contribution in [3.05, 3.63) is 34.9 Å². The highest BCUT2D eigenvalue weighted by Crippen LogP contribution is 2.39. The Morgan fingerprint density at radius 3 is 2.45 bits per heavy atom. The van der Waals surface area contributed by atoms with E-state index in [2.05, 4.69) is 36.9 Å². The second kappa shape index (κ2) is 6.28. The van der Waals surface area contributed by atoms with Crippen molar-refractivity contribution in [3.8, 4) is 0 Å². The van der Waals surface area contributed by atoms with Gasteiger partial charge in [-0.25, -0.2) is 0 Å². The molecule has 2 nitrogen and oxygen atoms in total. The van der Waals surface area contributed by atoms with E-state index < -0.39 is 0 Å². The molecule has 1 saturated carbocycles. The van der Waals surface area contributed by atoms with Crippen LogP contribution < -0.4 is 4.90 Å².